The number of rotatable bonds is 5. The number of hydrogen-bond acceptors (Lipinski definition) is 3. The van der Waals surface area contributed by atoms with Crippen LogP contribution in [0.25, 0.3) is 0 Å². The highest BCUT2D eigenvalue weighted by Gasteiger charge is 2.27. The summed E-state index contributed by atoms with van der Waals surface area (Å²) in [7, 11) is 0. The number of ether oxygens (including phenoxy) is 1. The van der Waals surface area contributed by atoms with Crippen LogP contribution in [-0.4, -0.2) is 31.8 Å². The molecule has 0 aliphatic heterocycles. The molecular weight excluding hydrogens is 267 g/mol. The van der Waals surface area contributed by atoms with Crippen molar-refractivity contribution in [3.05, 3.63) is 21.4 Å². The number of alkyl halides is 3. The van der Waals surface area contributed by atoms with Gasteiger partial charge in [0.05, 0.1) is 12.2 Å². The molecule has 0 aliphatic rings. The van der Waals surface area contributed by atoms with Crippen LogP contribution >= 0.6 is 11.3 Å². The molecule has 102 valence electrons. The zero-order valence-corrected chi connectivity index (χ0v) is 10.9. The van der Waals surface area contributed by atoms with Gasteiger partial charge in [-0.15, -0.1) is 11.3 Å². The van der Waals surface area contributed by atoms with Crippen LogP contribution in [-0.2, 0) is 4.74 Å². The Morgan fingerprint density at radius 1 is 1.44 bits per heavy atom. The van der Waals surface area contributed by atoms with E-state index < -0.39 is 12.8 Å². The number of nitrogens with one attached hydrogen (secondary N) is 1. The minimum Gasteiger partial charge on any atom is -0.370 e. The summed E-state index contributed by atoms with van der Waals surface area (Å²) in [5, 5.41) is 2.51. The van der Waals surface area contributed by atoms with Crippen molar-refractivity contribution in [2.75, 3.05) is 19.8 Å². The van der Waals surface area contributed by atoms with Gasteiger partial charge in [0.1, 0.15) is 6.61 Å². The Morgan fingerprint density at radius 3 is 2.61 bits per heavy atom. The van der Waals surface area contributed by atoms with Crippen LogP contribution in [0.3, 0.4) is 0 Å². The molecule has 0 unspecified atom stereocenters. The Morgan fingerprint density at radius 2 is 2.11 bits per heavy atom. The molecule has 1 aromatic rings. The van der Waals surface area contributed by atoms with Crippen molar-refractivity contribution in [3.63, 3.8) is 0 Å². The second kappa shape index (κ2) is 6.19. The van der Waals surface area contributed by atoms with Crippen LogP contribution in [0.1, 0.15) is 20.1 Å². The maximum absolute atomic E-state index is 11.8. The van der Waals surface area contributed by atoms with E-state index in [-0.39, 0.29) is 19.1 Å². The van der Waals surface area contributed by atoms with Gasteiger partial charge >= 0.3 is 6.18 Å². The minimum atomic E-state index is -4.33. The second-order valence-corrected chi connectivity index (χ2v) is 5.21. The van der Waals surface area contributed by atoms with Gasteiger partial charge in [-0.3, -0.25) is 4.79 Å². The fourth-order valence-electron chi connectivity index (χ4n) is 1.38. The summed E-state index contributed by atoms with van der Waals surface area (Å²) in [6, 6.07) is 1.76. The summed E-state index contributed by atoms with van der Waals surface area (Å²) in [6.45, 7) is 2.32. The predicted molar refractivity (Wildman–Crippen MR) is 63.0 cm³/mol. The van der Waals surface area contributed by atoms with Gasteiger partial charge in [-0.1, -0.05) is 0 Å². The third-order valence-corrected chi connectivity index (χ3v) is 3.05. The first-order valence-electron chi connectivity index (χ1n) is 5.29. The van der Waals surface area contributed by atoms with E-state index in [1.807, 2.05) is 13.8 Å². The molecule has 0 atom stereocenters. The summed E-state index contributed by atoms with van der Waals surface area (Å²) in [4.78, 5) is 13.6. The second-order valence-electron chi connectivity index (χ2n) is 3.75. The Labute approximate surface area is 107 Å². The van der Waals surface area contributed by atoms with Gasteiger partial charge < -0.3 is 10.1 Å². The zero-order valence-electron chi connectivity index (χ0n) is 10.1. The van der Waals surface area contributed by atoms with Crippen molar-refractivity contribution in [3.8, 4) is 0 Å². The first-order valence-corrected chi connectivity index (χ1v) is 6.11. The van der Waals surface area contributed by atoms with E-state index in [9.17, 15) is 18.0 Å². The molecule has 0 aromatic carbocycles. The Balaban J connectivity index is 2.28. The van der Waals surface area contributed by atoms with E-state index >= 15 is 0 Å². The number of carbonyl (C=O) groups excluding carboxylic acids is 1. The van der Waals surface area contributed by atoms with E-state index in [0.29, 0.717) is 5.56 Å². The van der Waals surface area contributed by atoms with Crippen molar-refractivity contribution in [1.29, 1.82) is 0 Å². The fraction of sp³-hybridized carbons (Fsp3) is 0.545. The molecule has 0 fully saturated rings. The number of hydrogen-bond donors (Lipinski definition) is 1. The third kappa shape index (κ3) is 5.05. The monoisotopic (exact) mass is 281 g/mol. The summed E-state index contributed by atoms with van der Waals surface area (Å²) in [6.07, 6.45) is -4.33. The molecule has 0 bridgehead atoms. The lowest BCUT2D eigenvalue weighted by Crippen LogP contribution is -2.29. The van der Waals surface area contributed by atoms with Gasteiger partial charge in [0.2, 0.25) is 0 Å². The van der Waals surface area contributed by atoms with Crippen molar-refractivity contribution in [2.45, 2.75) is 20.0 Å². The molecule has 1 heterocycles. The highest BCUT2D eigenvalue weighted by molar-refractivity contribution is 7.12. The first kappa shape index (κ1) is 15.0. The summed E-state index contributed by atoms with van der Waals surface area (Å²) >= 11 is 1.50. The summed E-state index contributed by atoms with van der Waals surface area (Å²) in [5.74, 6) is -0.285. The van der Waals surface area contributed by atoms with Gasteiger partial charge in [-0.05, 0) is 19.9 Å². The average molecular weight is 281 g/mol. The van der Waals surface area contributed by atoms with E-state index in [2.05, 4.69) is 10.1 Å². The zero-order chi connectivity index (χ0) is 13.8. The molecule has 0 saturated heterocycles. The molecule has 18 heavy (non-hydrogen) atoms. The maximum Gasteiger partial charge on any atom is 0.411 e. The van der Waals surface area contributed by atoms with Gasteiger partial charge in [0.25, 0.3) is 5.91 Å². The van der Waals surface area contributed by atoms with Crippen LogP contribution < -0.4 is 5.32 Å². The lowest BCUT2D eigenvalue weighted by molar-refractivity contribution is -0.173. The van der Waals surface area contributed by atoms with Gasteiger partial charge in [0, 0.05) is 16.3 Å². The Kier molecular flexibility index (Phi) is 5.15. The van der Waals surface area contributed by atoms with E-state index in [0.717, 1.165) is 9.75 Å². The lowest BCUT2D eigenvalue weighted by Gasteiger charge is -2.08. The van der Waals surface area contributed by atoms with Crippen LogP contribution in [0.5, 0.6) is 0 Å². The predicted octanol–water partition coefficient (Wildman–Crippen LogP) is 2.67. The standard InChI is InChI=1S/C11H14F3NO2S/c1-7-5-9(8(2)18-7)10(16)15-3-4-17-6-11(12,13)14/h5H,3-4,6H2,1-2H3,(H,15,16). The number of amides is 1. The molecule has 1 amide bonds. The Hall–Kier alpha value is -1.08. The number of aryl methyl sites for hydroxylation is 2. The third-order valence-electron chi connectivity index (χ3n) is 2.08. The molecule has 0 spiro atoms. The normalized spacial score (nSPS) is 11.6. The molecule has 0 saturated carbocycles. The average Bonchev–Trinajstić information content (AvgIpc) is 2.55. The molecular formula is C11H14F3NO2S. The van der Waals surface area contributed by atoms with Crippen LogP contribution in [0.15, 0.2) is 6.07 Å². The largest absolute Gasteiger partial charge is 0.411 e. The SMILES string of the molecule is Cc1cc(C(=O)NCCOCC(F)(F)F)c(C)s1. The van der Waals surface area contributed by atoms with Crippen molar-refractivity contribution in [2.24, 2.45) is 0 Å². The summed E-state index contributed by atoms with van der Waals surface area (Å²) < 4.78 is 39.6. The van der Waals surface area contributed by atoms with Crippen molar-refractivity contribution in [1.82, 2.24) is 5.32 Å². The minimum absolute atomic E-state index is 0.0588. The quantitative estimate of drug-likeness (QED) is 0.843. The molecule has 0 aliphatic carbocycles. The van der Waals surface area contributed by atoms with Gasteiger partial charge in [-0.2, -0.15) is 13.2 Å². The molecule has 1 aromatic heterocycles. The van der Waals surface area contributed by atoms with Crippen molar-refractivity contribution >= 4 is 17.2 Å². The number of carbonyl (C=O) groups is 1. The van der Waals surface area contributed by atoms with E-state index in [1.165, 1.54) is 11.3 Å². The highest BCUT2D eigenvalue weighted by atomic mass is 32.1. The molecule has 1 N–H and O–H groups in total. The van der Waals surface area contributed by atoms with Crippen LogP contribution in [0.4, 0.5) is 13.2 Å². The number of thiophene rings is 1. The highest BCUT2D eigenvalue weighted by Crippen LogP contribution is 2.20. The molecule has 3 nitrogen and oxygen atoms in total. The lowest BCUT2D eigenvalue weighted by atomic mass is 10.2. The number of halogens is 3. The topological polar surface area (TPSA) is 38.3 Å². The van der Waals surface area contributed by atoms with Crippen molar-refractivity contribution < 1.29 is 22.7 Å². The van der Waals surface area contributed by atoms with E-state index in [1.54, 1.807) is 6.07 Å². The molecule has 1 rings (SSSR count). The smallest absolute Gasteiger partial charge is 0.370 e. The molecule has 7 heteroatoms. The van der Waals surface area contributed by atoms with Crippen LogP contribution in [0.2, 0.25) is 0 Å². The first-order chi connectivity index (χ1) is 8.29. The van der Waals surface area contributed by atoms with Gasteiger partial charge in [0.15, 0.2) is 0 Å². The summed E-state index contributed by atoms with van der Waals surface area (Å²) in [5.41, 5.74) is 0.563. The molecule has 0 radical (unpaired) electrons. The van der Waals surface area contributed by atoms with Gasteiger partial charge in [-0.25, -0.2) is 0 Å². The fourth-order valence-corrected chi connectivity index (χ4v) is 2.30. The maximum atomic E-state index is 11.8. The van der Waals surface area contributed by atoms with Crippen LogP contribution in [0, 0.1) is 13.8 Å². The Bertz CT molecular complexity index is 415. The van der Waals surface area contributed by atoms with E-state index in [4.69, 9.17) is 0 Å².